The predicted molar refractivity (Wildman–Crippen MR) is 111 cm³/mol. The lowest BCUT2D eigenvalue weighted by Gasteiger charge is -2.12. The minimum atomic E-state index is -0.184. The van der Waals surface area contributed by atoms with Crippen molar-refractivity contribution in [3.8, 4) is 11.3 Å². The Balaban J connectivity index is 1.82. The monoisotopic (exact) mass is 372 g/mol. The van der Waals surface area contributed by atoms with Crippen molar-refractivity contribution in [3.05, 3.63) is 95.0 Å². The van der Waals surface area contributed by atoms with Crippen molar-refractivity contribution >= 4 is 34.1 Å². The molecule has 3 aromatic carbocycles. The van der Waals surface area contributed by atoms with Gasteiger partial charge in [0.2, 0.25) is 0 Å². The summed E-state index contributed by atoms with van der Waals surface area (Å²) in [6.07, 6.45) is 0. The maximum Gasteiger partial charge on any atom is 0.256 e. The lowest BCUT2D eigenvalue weighted by Crippen LogP contribution is -2.14. The number of anilines is 1. The number of para-hydroxylation sites is 1. The summed E-state index contributed by atoms with van der Waals surface area (Å²) >= 11 is 6.18. The fourth-order valence-corrected chi connectivity index (χ4v) is 3.23. The van der Waals surface area contributed by atoms with Crippen LogP contribution in [0.3, 0.4) is 0 Å². The smallest absolute Gasteiger partial charge is 0.256 e. The number of aromatic nitrogens is 1. The minimum Gasteiger partial charge on any atom is -0.322 e. The van der Waals surface area contributed by atoms with Crippen LogP contribution < -0.4 is 5.32 Å². The van der Waals surface area contributed by atoms with Gasteiger partial charge < -0.3 is 5.32 Å². The molecule has 0 saturated carbocycles. The molecule has 0 fully saturated rings. The van der Waals surface area contributed by atoms with Crippen LogP contribution in [0.1, 0.15) is 15.9 Å². The van der Waals surface area contributed by atoms with Crippen LogP contribution in [0.4, 0.5) is 5.69 Å². The van der Waals surface area contributed by atoms with Crippen LogP contribution in [0.25, 0.3) is 22.2 Å². The molecule has 1 aromatic heterocycles. The summed E-state index contributed by atoms with van der Waals surface area (Å²) in [7, 11) is 0. The molecule has 0 unspecified atom stereocenters. The van der Waals surface area contributed by atoms with E-state index in [1.807, 2.05) is 85.8 Å². The van der Waals surface area contributed by atoms with Crippen LogP contribution in [-0.2, 0) is 0 Å². The van der Waals surface area contributed by atoms with Crippen LogP contribution in [0.5, 0.6) is 0 Å². The van der Waals surface area contributed by atoms with Crippen LogP contribution >= 0.6 is 11.6 Å². The second-order valence-corrected chi connectivity index (χ2v) is 6.71. The predicted octanol–water partition coefficient (Wildman–Crippen LogP) is 6.12. The number of nitrogens with one attached hydrogen (secondary N) is 1. The van der Waals surface area contributed by atoms with E-state index in [1.54, 1.807) is 0 Å². The third-order valence-corrected chi connectivity index (χ3v) is 4.96. The Morgan fingerprint density at radius 2 is 1.67 bits per heavy atom. The fourth-order valence-electron chi connectivity index (χ4n) is 3.05. The number of carbonyl (C=O) groups is 1. The number of rotatable bonds is 3. The Labute approximate surface area is 162 Å². The number of pyridine rings is 1. The molecular weight excluding hydrogens is 356 g/mol. The van der Waals surface area contributed by atoms with Gasteiger partial charge in [0.1, 0.15) is 0 Å². The van der Waals surface area contributed by atoms with Gasteiger partial charge in [-0.05, 0) is 36.8 Å². The Kier molecular flexibility index (Phi) is 4.61. The van der Waals surface area contributed by atoms with Crippen molar-refractivity contribution in [1.29, 1.82) is 0 Å². The quantitative estimate of drug-likeness (QED) is 0.471. The molecule has 4 heteroatoms. The molecule has 132 valence electrons. The first-order valence-electron chi connectivity index (χ1n) is 8.65. The normalized spacial score (nSPS) is 10.7. The number of halogens is 1. The van der Waals surface area contributed by atoms with Gasteiger partial charge >= 0.3 is 0 Å². The molecule has 1 heterocycles. The molecule has 0 spiro atoms. The van der Waals surface area contributed by atoms with Gasteiger partial charge in [-0.2, -0.15) is 0 Å². The Hall–Kier alpha value is -3.17. The van der Waals surface area contributed by atoms with E-state index < -0.39 is 0 Å². The molecule has 1 N–H and O–H groups in total. The number of amides is 1. The van der Waals surface area contributed by atoms with Crippen molar-refractivity contribution in [2.24, 2.45) is 0 Å². The number of nitrogens with zero attached hydrogens (tertiary/aromatic N) is 1. The van der Waals surface area contributed by atoms with Crippen molar-refractivity contribution in [3.63, 3.8) is 0 Å². The van der Waals surface area contributed by atoms with Crippen LogP contribution in [0.2, 0.25) is 5.02 Å². The molecule has 1 amide bonds. The summed E-state index contributed by atoms with van der Waals surface area (Å²) in [6.45, 7) is 1.89. The lowest BCUT2D eigenvalue weighted by molar-refractivity contribution is 0.102. The standard InChI is InChI=1S/C23H17ClN2O/c1-15-19(24)11-7-13-20(15)26-23(27)18-14-22(16-8-3-2-4-9-16)25-21-12-6-5-10-17(18)21/h2-14H,1H3,(H,26,27). The van der Waals surface area contributed by atoms with E-state index in [0.717, 1.165) is 27.7 Å². The third kappa shape index (κ3) is 3.42. The highest BCUT2D eigenvalue weighted by atomic mass is 35.5. The maximum absolute atomic E-state index is 13.1. The summed E-state index contributed by atoms with van der Waals surface area (Å²) in [6, 6.07) is 24.8. The van der Waals surface area contributed by atoms with Crippen molar-refractivity contribution in [2.75, 3.05) is 5.32 Å². The van der Waals surface area contributed by atoms with Gasteiger partial charge in [-0.25, -0.2) is 4.98 Å². The average Bonchev–Trinajstić information content (AvgIpc) is 2.71. The largest absolute Gasteiger partial charge is 0.322 e. The van der Waals surface area contributed by atoms with Gasteiger partial charge in [0.15, 0.2) is 0 Å². The molecule has 0 aliphatic heterocycles. The van der Waals surface area contributed by atoms with Gasteiger partial charge in [-0.3, -0.25) is 4.79 Å². The zero-order chi connectivity index (χ0) is 18.8. The maximum atomic E-state index is 13.1. The molecule has 0 bridgehead atoms. The molecule has 3 nitrogen and oxygen atoms in total. The van der Waals surface area contributed by atoms with E-state index in [-0.39, 0.29) is 5.91 Å². The van der Waals surface area contributed by atoms with E-state index in [2.05, 4.69) is 5.32 Å². The topological polar surface area (TPSA) is 42.0 Å². The van der Waals surface area contributed by atoms with Crippen LogP contribution in [-0.4, -0.2) is 10.9 Å². The SMILES string of the molecule is Cc1c(Cl)cccc1NC(=O)c1cc(-c2ccccc2)nc2ccccc12. The summed E-state index contributed by atoms with van der Waals surface area (Å²) in [5, 5.41) is 4.42. The van der Waals surface area contributed by atoms with Crippen molar-refractivity contribution in [1.82, 2.24) is 4.98 Å². The molecule has 27 heavy (non-hydrogen) atoms. The summed E-state index contributed by atoms with van der Waals surface area (Å²) in [5.74, 6) is -0.184. The van der Waals surface area contributed by atoms with Crippen molar-refractivity contribution in [2.45, 2.75) is 6.92 Å². The number of benzene rings is 3. The lowest BCUT2D eigenvalue weighted by atomic mass is 10.0. The van der Waals surface area contributed by atoms with Gasteiger partial charge in [-0.1, -0.05) is 66.2 Å². The zero-order valence-electron chi connectivity index (χ0n) is 14.7. The molecular formula is C23H17ClN2O. The van der Waals surface area contributed by atoms with E-state index in [0.29, 0.717) is 16.3 Å². The summed E-state index contributed by atoms with van der Waals surface area (Å²) < 4.78 is 0. The Bertz CT molecular complexity index is 1140. The van der Waals surface area contributed by atoms with E-state index in [9.17, 15) is 4.79 Å². The summed E-state index contributed by atoms with van der Waals surface area (Å²) in [4.78, 5) is 17.8. The number of carbonyl (C=O) groups excluding carboxylic acids is 1. The Morgan fingerprint density at radius 1 is 0.926 bits per heavy atom. The molecule has 4 rings (SSSR count). The van der Waals surface area contributed by atoms with E-state index in [1.165, 1.54) is 0 Å². The number of hydrogen-bond acceptors (Lipinski definition) is 2. The molecule has 0 aliphatic rings. The van der Waals surface area contributed by atoms with Gasteiger partial charge in [0.05, 0.1) is 16.8 Å². The van der Waals surface area contributed by atoms with Gasteiger partial charge in [-0.15, -0.1) is 0 Å². The summed E-state index contributed by atoms with van der Waals surface area (Å²) in [5.41, 5.74) is 4.65. The second kappa shape index (κ2) is 7.22. The molecule has 0 saturated heterocycles. The number of fused-ring (bicyclic) bond motifs is 1. The van der Waals surface area contributed by atoms with E-state index in [4.69, 9.17) is 16.6 Å². The highest BCUT2D eigenvalue weighted by Crippen LogP contribution is 2.27. The Morgan fingerprint density at radius 3 is 2.48 bits per heavy atom. The van der Waals surface area contributed by atoms with Crippen molar-refractivity contribution < 1.29 is 4.79 Å². The first kappa shape index (κ1) is 17.3. The van der Waals surface area contributed by atoms with E-state index >= 15 is 0 Å². The average molecular weight is 373 g/mol. The molecule has 0 radical (unpaired) electrons. The van der Waals surface area contributed by atoms with Gasteiger partial charge in [0.25, 0.3) is 5.91 Å². The molecule has 4 aromatic rings. The van der Waals surface area contributed by atoms with Crippen LogP contribution in [0, 0.1) is 6.92 Å². The molecule has 0 aliphatic carbocycles. The zero-order valence-corrected chi connectivity index (χ0v) is 15.5. The van der Waals surface area contributed by atoms with Gasteiger partial charge in [0, 0.05) is 21.7 Å². The third-order valence-electron chi connectivity index (χ3n) is 4.55. The van der Waals surface area contributed by atoms with Crippen LogP contribution in [0.15, 0.2) is 78.9 Å². The first-order valence-corrected chi connectivity index (χ1v) is 9.03. The minimum absolute atomic E-state index is 0.184. The highest BCUT2D eigenvalue weighted by Gasteiger charge is 2.15. The first-order chi connectivity index (χ1) is 13.1. The highest BCUT2D eigenvalue weighted by molar-refractivity contribution is 6.31. The second-order valence-electron chi connectivity index (χ2n) is 6.30. The fraction of sp³-hybridized carbons (Fsp3) is 0.0435. The number of hydrogen-bond donors (Lipinski definition) is 1. The molecule has 0 atom stereocenters.